The third-order valence-electron chi connectivity index (χ3n) is 2.54. The van der Waals surface area contributed by atoms with Crippen LogP contribution in [-0.2, 0) is 9.63 Å². The zero-order valence-corrected chi connectivity index (χ0v) is 9.71. The van der Waals surface area contributed by atoms with E-state index >= 15 is 0 Å². The lowest BCUT2D eigenvalue weighted by atomic mass is 10.0. The quantitative estimate of drug-likeness (QED) is 0.650. The van der Waals surface area contributed by atoms with Crippen molar-refractivity contribution in [2.75, 3.05) is 19.7 Å². The summed E-state index contributed by atoms with van der Waals surface area (Å²) in [6.07, 6.45) is 2.73. The summed E-state index contributed by atoms with van der Waals surface area (Å²) in [5, 5.41) is 3.29. The van der Waals surface area contributed by atoms with Gasteiger partial charge in [-0.1, -0.05) is 13.8 Å². The van der Waals surface area contributed by atoms with Crippen LogP contribution in [0.3, 0.4) is 0 Å². The van der Waals surface area contributed by atoms with Crippen molar-refractivity contribution in [3.63, 3.8) is 0 Å². The Morgan fingerprint density at radius 1 is 1.60 bits per heavy atom. The molecule has 1 aliphatic heterocycles. The number of rotatable bonds is 6. The van der Waals surface area contributed by atoms with E-state index in [-0.39, 0.29) is 5.91 Å². The Labute approximate surface area is 91.7 Å². The molecule has 1 unspecified atom stereocenters. The molecule has 2 N–H and O–H groups in total. The van der Waals surface area contributed by atoms with Gasteiger partial charge in [0.15, 0.2) is 0 Å². The second kappa shape index (κ2) is 6.80. The van der Waals surface area contributed by atoms with Gasteiger partial charge in [-0.2, -0.15) is 0 Å². The Hall–Kier alpha value is -0.610. The Morgan fingerprint density at radius 3 is 3.00 bits per heavy atom. The maximum absolute atomic E-state index is 11.3. The van der Waals surface area contributed by atoms with Gasteiger partial charge in [-0.15, -0.1) is 0 Å². The Kier molecular flexibility index (Phi) is 5.65. The van der Waals surface area contributed by atoms with Crippen molar-refractivity contribution in [1.82, 2.24) is 10.8 Å². The van der Waals surface area contributed by atoms with E-state index < -0.39 is 0 Å². The third kappa shape index (κ3) is 5.74. The zero-order valence-electron chi connectivity index (χ0n) is 9.71. The van der Waals surface area contributed by atoms with Crippen LogP contribution >= 0.6 is 0 Å². The van der Waals surface area contributed by atoms with E-state index in [0.29, 0.717) is 24.9 Å². The van der Waals surface area contributed by atoms with Crippen molar-refractivity contribution in [2.24, 2.45) is 11.8 Å². The normalized spacial score (nSPS) is 20.9. The molecular weight excluding hydrogens is 192 g/mol. The van der Waals surface area contributed by atoms with Crippen LogP contribution in [-0.4, -0.2) is 25.6 Å². The number of hydrogen-bond acceptors (Lipinski definition) is 3. The van der Waals surface area contributed by atoms with E-state index in [1.807, 2.05) is 0 Å². The lowest BCUT2D eigenvalue weighted by Gasteiger charge is -2.09. The van der Waals surface area contributed by atoms with E-state index in [2.05, 4.69) is 24.6 Å². The van der Waals surface area contributed by atoms with Crippen molar-refractivity contribution < 1.29 is 9.63 Å². The van der Waals surface area contributed by atoms with Gasteiger partial charge in [0.1, 0.15) is 0 Å². The molecule has 4 nitrogen and oxygen atoms in total. The molecule has 4 heteroatoms. The van der Waals surface area contributed by atoms with Crippen LogP contribution < -0.4 is 10.8 Å². The van der Waals surface area contributed by atoms with Gasteiger partial charge in [0.05, 0.1) is 6.61 Å². The average molecular weight is 214 g/mol. The molecule has 1 aliphatic rings. The number of carbonyl (C=O) groups is 1. The molecule has 0 aromatic rings. The number of amides is 1. The number of nitrogens with one attached hydrogen (secondary N) is 2. The van der Waals surface area contributed by atoms with Crippen LogP contribution in [0.1, 0.15) is 33.1 Å². The first-order valence-electron chi connectivity index (χ1n) is 5.80. The minimum Gasteiger partial charge on any atom is -0.316 e. The molecule has 0 aromatic carbocycles. The Bertz CT molecular complexity index is 189. The molecule has 1 saturated heterocycles. The number of hydrogen-bond donors (Lipinski definition) is 2. The van der Waals surface area contributed by atoms with Gasteiger partial charge in [0.25, 0.3) is 0 Å². The van der Waals surface area contributed by atoms with Crippen molar-refractivity contribution in [2.45, 2.75) is 33.1 Å². The van der Waals surface area contributed by atoms with Crippen LogP contribution in [0.2, 0.25) is 0 Å². The highest BCUT2D eigenvalue weighted by atomic mass is 16.6. The van der Waals surface area contributed by atoms with Gasteiger partial charge in [-0.3, -0.25) is 9.63 Å². The van der Waals surface area contributed by atoms with Crippen molar-refractivity contribution in [1.29, 1.82) is 0 Å². The summed E-state index contributed by atoms with van der Waals surface area (Å²) in [5.41, 5.74) is 2.48. The monoisotopic (exact) mass is 214 g/mol. The molecule has 1 fully saturated rings. The molecule has 0 aliphatic carbocycles. The molecule has 88 valence electrons. The molecule has 1 rings (SSSR count). The van der Waals surface area contributed by atoms with Gasteiger partial charge < -0.3 is 5.32 Å². The summed E-state index contributed by atoms with van der Waals surface area (Å²) >= 11 is 0. The summed E-state index contributed by atoms with van der Waals surface area (Å²) < 4.78 is 0. The standard InChI is InChI=1S/C11H22N2O2/c1-9(2)8-15-13-11(14)4-3-10-5-6-12-7-10/h9-10,12H,3-8H2,1-2H3,(H,13,14). The van der Waals surface area contributed by atoms with Crippen LogP contribution in [0.15, 0.2) is 0 Å². The lowest BCUT2D eigenvalue weighted by Crippen LogP contribution is -2.26. The van der Waals surface area contributed by atoms with E-state index in [1.54, 1.807) is 0 Å². The highest BCUT2D eigenvalue weighted by molar-refractivity contribution is 5.74. The van der Waals surface area contributed by atoms with Crippen LogP contribution in [0.5, 0.6) is 0 Å². The highest BCUT2D eigenvalue weighted by Crippen LogP contribution is 2.13. The average Bonchev–Trinajstić information content (AvgIpc) is 2.66. The predicted molar refractivity (Wildman–Crippen MR) is 59.1 cm³/mol. The van der Waals surface area contributed by atoms with Crippen molar-refractivity contribution >= 4 is 5.91 Å². The molecule has 1 atom stereocenters. The SMILES string of the molecule is CC(C)CONC(=O)CCC1CCNC1. The van der Waals surface area contributed by atoms with Crippen LogP contribution in [0.4, 0.5) is 0 Å². The van der Waals surface area contributed by atoms with E-state index in [0.717, 1.165) is 19.5 Å². The molecule has 0 radical (unpaired) electrons. The minimum atomic E-state index is 0.00236. The fourth-order valence-electron chi connectivity index (χ4n) is 1.64. The second-order valence-electron chi connectivity index (χ2n) is 4.63. The number of hydroxylamine groups is 1. The van der Waals surface area contributed by atoms with E-state index in [4.69, 9.17) is 4.84 Å². The summed E-state index contributed by atoms with van der Waals surface area (Å²) in [5.74, 6) is 1.12. The first-order valence-corrected chi connectivity index (χ1v) is 5.80. The van der Waals surface area contributed by atoms with Crippen LogP contribution in [0, 0.1) is 11.8 Å². The number of carbonyl (C=O) groups excluding carboxylic acids is 1. The molecule has 1 amide bonds. The van der Waals surface area contributed by atoms with E-state index in [1.165, 1.54) is 6.42 Å². The summed E-state index contributed by atoms with van der Waals surface area (Å²) in [7, 11) is 0. The second-order valence-corrected chi connectivity index (χ2v) is 4.63. The summed E-state index contributed by atoms with van der Waals surface area (Å²) in [6, 6.07) is 0. The molecule has 0 spiro atoms. The molecule has 0 saturated carbocycles. The summed E-state index contributed by atoms with van der Waals surface area (Å²) in [4.78, 5) is 16.4. The topological polar surface area (TPSA) is 50.4 Å². The van der Waals surface area contributed by atoms with Gasteiger partial charge >= 0.3 is 0 Å². The van der Waals surface area contributed by atoms with Crippen molar-refractivity contribution in [3.8, 4) is 0 Å². The minimum absolute atomic E-state index is 0.00236. The Morgan fingerprint density at radius 2 is 2.40 bits per heavy atom. The van der Waals surface area contributed by atoms with Gasteiger partial charge in [0, 0.05) is 6.42 Å². The first-order chi connectivity index (χ1) is 7.18. The largest absolute Gasteiger partial charge is 0.316 e. The summed E-state index contributed by atoms with van der Waals surface area (Å²) in [6.45, 7) is 6.83. The smallest absolute Gasteiger partial charge is 0.243 e. The molecule has 0 aromatic heterocycles. The van der Waals surface area contributed by atoms with Gasteiger partial charge in [-0.25, -0.2) is 5.48 Å². The third-order valence-corrected chi connectivity index (χ3v) is 2.54. The van der Waals surface area contributed by atoms with Gasteiger partial charge in [-0.05, 0) is 37.8 Å². The Balaban J connectivity index is 1.98. The van der Waals surface area contributed by atoms with E-state index in [9.17, 15) is 4.79 Å². The first kappa shape index (κ1) is 12.5. The fraction of sp³-hybridized carbons (Fsp3) is 0.909. The maximum Gasteiger partial charge on any atom is 0.243 e. The highest BCUT2D eigenvalue weighted by Gasteiger charge is 2.15. The van der Waals surface area contributed by atoms with Crippen molar-refractivity contribution in [3.05, 3.63) is 0 Å². The zero-order chi connectivity index (χ0) is 11.1. The molecule has 0 bridgehead atoms. The molecule has 1 heterocycles. The van der Waals surface area contributed by atoms with Gasteiger partial charge in [0.2, 0.25) is 5.91 Å². The molecular formula is C11H22N2O2. The predicted octanol–water partition coefficient (Wildman–Crippen LogP) is 1.08. The molecule has 15 heavy (non-hydrogen) atoms. The van der Waals surface area contributed by atoms with Crippen LogP contribution in [0.25, 0.3) is 0 Å². The lowest BCUT2D eigenvalue weighted by molar-refractivity contribution is -0.134. The fourth-order valence-corrected chi connectivity index (χ4v) is 1.64. The maximum atomic E-state index is 11.3.